The van der Waals surface area contributed by atoms with Crippen LogP contribution in [0.2, 0.25) is 5.28 Å². The van der Waals surface area contributed by atoms with E-state index in [4.69, 9.17) is 17.3 Å². The molecule has 0 spiro atoms. The first kappa shape index (κ1) is 10.4. The van der Waals surface area contributed by atoms with Crippen LogP contribution in [0.1, 0.15) is 13.8 Å². The predicted octanol–water partition coefficient (Wildman–Crippen LogP) is 1.20. The van der Waals surface area contributed by atoms with Crippen LogP contribution >= 0.6 is 11.6 Å². The molecule has 1 saturated heterocycles. The van der Waals surface area contributed by atoms with E-state index in [1.807, 2.05) is 0 Å². The van der Waals surface area contributed by atoms with Crippen LogP contribution in [0.4, 0.5) is 11.9 Å². The third-order valence-corrected chi connectivity index (χ3v) is 3.05. The lowest BCUT2D eigenvalue weighted by Crippen LogP contribution is -2.23. The Morgan fingerprint density at radius 1 is 1.20 bits per heavy atom. The summed E-state index contributed by atoms with van der Waals surface area (Å²) in [4.78, 5) is 14.0. The molecule has 0 radical (unpaired) electrons. The molecule has 6 heteroatoms. The maximum Gasteiger partial charge on any atom is 0.231 e. The summed E-state index contributed by atoms with van der Waals surface area (Å²) in [5.74, 6) is 2.05. The van der Waals surface area contributed by atoms with E-state index < -0.39 is 0 Å². The Kier molecular flexibility index (Phi) is 2.65. The van der Waals surface area contributed by atoms with E-state index in [2.05, 4.69) is 33.7 Å². The third kappa shape index (κ3) is 2.12. The smallest absolute Gasteiger partial charge is 0.231 e. The van der Waals surface area contributed by atoms with Crippen LogP contribution in [0.25, 0.3) is 0 Å². The molecule has 5 nitrogen and oxygen atoms in total. The molecule has 1 aliphatic heterocycles. The second-order valence-electron chi connectivity index (χ2n) is 4.12. The molecule has 0 saturated carbocycles. The lowest BCUT2D eigenvalue weighted by atomic mass is 10.0. The summed E-state index contributed by atoms with van der Waals surface area (Å²) >= 11 is 5.73. The molecule has 0 amide bonds. The Balaban J connectivity index is 2.23. The van der Waals surface area contributed by atoms with Crippen molar-refractivity contribution in [3.63, 3.8) is 0 Å². The zero-order chi connectivity index (χ0) is 11.0. The SMILES string of the molecule is CC1CN(c2nc(N)nc(Cl)n2)CC1C. The van der Waals surface area contributed by atoms with Crippen molar-refractivity contribution in [2.45, 2.75) is 13.8 Å². The van der Waals surface area contributed by atoms with Crippen LogP contribution in [-0.2, 0) is 0 Å². The minimum atomic E-state index is 0.157. The topological polar surface area (TPSA) is 67.9 Å². The average molecular weight is 228 g/mol. The molecular weight excluding hydrogens is 214 g/mol. The van der Waals surface area contributed by atoms with E-state index in [0.29, 0.717) is 17.8 Å². The van der Waals surface area contributed by atoms with Crippen molar-refractivity contribution in [3.8, 4) is 0 Å². The second kappa shape index (κ2) is 3.81. The van der Waals surface area contributed by atoms with Crippen LogP contribution in [0.15, 0.2) is 0 Å². The summed E-state index contributed by atoms with van der Waals surface area (Å²) in [7, 11) is 0. The van der Waals surface area contributed by atoms with E-state index in [-0.39, 0.29) is 11.2 Å². The Morgan fingerprint density at radius 3 is 2.33 bits per heavy atom. The number of rotatable bonds is 1. The van der Waals surface area contributed by atoms with Crippen LogP contribution < -0.4 is 10.6 Å². The van der Waals surface area contributed by atoms with Crippen LogP contribution in [-0.4, -0.2) is 28.0 Å². The van der Waals surface area contributed by atoms with Gasteiger partial charge in [-0.05, 0) is 23.4 Å². The first-order valence-corrected chi connectivity index (χ1v) is 5.36. The van der Waals surface area contributed by atoms with E-state index >= 15 is 0 Å². The number of nitrogen functional groups attached to an aromatic ring is 1. The zero-order valence-electron chi connectivity index (χ0n) is 8.81. The zero-order valence-corrected chi connectivity index (χ0v) is 9.57. The van der Waals surface area contributed by atoms with E-state index in [1.165, 1.54) is 0 Å². The molecule has 2 heterocycles. The molecule has 0 aromatic carbocycles. The lowest BCUT2D eigenvalue weighted by Gasteiger charge is -2.15. The number of anilines is 2. The molecule has 0 bridgehead atoms. The summed E-state index contributed by atoms with van der Waals surface area (Å²) in [5, 5.41) is 0.157. The van der Waals surface area contributed by atoms with Crippen molar-refractivity contribution < 1.29 is 0 Å². The predicted molar refractivity (Wildman–Crippen MR) is 59.8 cm³/mol. The third-order valence-electron chi connectivity index (χ3n) is 2.88. The largest absolute Gasteiger partial charge is 0.368 e. The second-order valence-corrected chi connectivity index (χ2v) is 4.46. The number of hydrogen-bond donors (Lipinski definition) is 1. The van der Waals surface area contributed by atoms with Gasteiger partial charge in [-0.3, -0.25) is 0 Å². The number of nitrogens with two attached hydrogens (primary N) is 1. The monoisotopic (exact) mass is 227 g/mol. The van der Waals surface area contributed by atoms with Gasteiger partial charge in [-0.15, -0.1) is 0 Å². The van der Waals surface area contributed by atoms with Gasteiger partial charge < -0.3 is 10.6 Å². The van der Waals surface area contributed by atoms with Crippen molar-refractivity contribution in [3.05, 3.63) is 5.28 Å². The van der Waals surface area contributed by atoms with E-state index in [0.717, 1.165) is 13.1 Å². The molecular formula is C9H14ClN5. The van der Waals surface area contributed by atoms with Crippen LogP contribution in [0.3, 0.4) is 0 Å². The van der Waals surface area contributed by atoms with Crippen LogP contribution in [0, 0.1) is 11.8 Å². The molecule has 0 aliphatic carbocycles. The standard InChI is InChI=1S/C9H14ClN5/c1-5-3-15(4-6(5)2)9-13-7(10)12-8(11)14-9/h5-6H,3-4H2,1-2H3,(H2,11,12,13,14). The van der Waals surface area contributed by atoms with Gasteiger partial charge >= 0.3 is 0 Å². The molecule has 1 fully saturated rings. The van der Waals surface area contributed by atoms with Crippen molar-refractivity contribution in [2.24, 2.45) is 11.8 Å². The molecule has 15 heavy (non-hydrogen) atoms. The molecule has 2 N–H and O–H groups in total. The fourth-order valence-electron chi connectivity index (χ4n) is 1.79. The first-order chi connectivity index (χ1) is 7.06. The maximum atomic E-state index is 5.73. The molecule has 82 valence electrons. The van der Waals surface area contributed by atoms with Gasteiger partial charge in [-0.1, -0.05) is 13.8 Å². The van der Waals surface area contributed by atoms with E-state index in [9.17, 15) is 0 Å². The molecule has 2 atom stereocenters. The quantitative estimate of drug-likeness (QED) is 0.781. The van der Waals surface area contributed by atoms with Crippen molar-refractivity contribution in [2.75, 3.05) is 23.7 Å². The summed E-state index contributed by atoms with van der Waals surface area (Å²) < 4.78 is 0. The summed E-state index contributed by atoms with van der Waals surface area (Å²) in [6.45, 7) is 6.33. The number of aromatic nitrogens is 3. The van der Waals surface area contributed by atoms with Gasteiger partial charge in [0, 0.05) is 13.1 Å². The molecule has 2 unspecified atom stereocenters. The highest BCUT2D eigenvalue weighted by atomic mass is 35.5. The maximum absolute atomic E-state index is 5.73. The highest BCUT2D eigenvalue weighted by Crippen LogP contribution is 2.25. The van der Waals surface area contributed by atoms with E-state index in [1.54, 1.807) is 0 Å². The van der Waals surface area contributed by atoms with Crippen LogP contribution in [0.5, 0.6) is 0 Å². The lowest BCUT2D eigenvalue weighted by molar-refractivity contribution is 0.494. The molecule has 1 aliphatic rings. The first-order valence-electron chi connectivity index (χ1n) is 4.98. The van der Waals surface area contributed by atoms with Crippen molar-refractivity contribution >= 4 is 23.5 Å². The summed E-state index contributed by atoms with van der Waals surface area (Å²) in [5.41, 5.74) is 5.52. The normalized spacial score (nSPS) is 25.9. The Hall–Kier alpha value is -1.10. The van der Waals surface area contributed by atoms with Crippen molar-refractivity contribution in [1.82, 2.24) is 15.0 Å². The Morgan fingerprint density at radius 2 is 1.80 bits per heavy atom. The van der Waals surface area contributed by atoms with Gasteiger partial charge in [0.2, 0.25) is 17.2 Å². The molecule has 1 aromatic rings. The molecule has 1 aromatic heterocycles. The van der Waals surface area contributed by atoms with Gasteiger partial charge in [-0.2, -0.15) is 15.0 Å². The average Bonchev–Trinajstić information content (AvgIpc) is 2.45. The summed E-state index contributed by atoms with van der Waals surface area (Å²) in [6.07, 6.45) is 0. The van der Waals surface area contributed by atoms with Gasteiger partial charge in [0.15, 0.2) is 0 Å². The minimum Gasteiger partial charge on any atom is -0.368 e. The van der Waals surface area contributed by atoms with Gasteiger partial charge in [0.1, 0.15) is 0 Å². The molecule has 2 rings (SSSR count). The van der Waals surface area contributed by atoms with Gasteiger partial charge in [0.25, 0.3) is 0 Å². The van der Waals surface area contributed by atoms with Crippen molar-refractivity contribution in [1.29, 1.82) is 0 Å². The Bertz CT molecular complexity index is 339. The number of halogens is 1. The minimum absolute atomic E-state index is 0.157. The van der Waals surface area contributed by atoms with Gasteiger partial charge in [0.05, 0.1) is 0 Å². The van der Waals surface area contributed by atoms with Gasteiger partial charge in [-0.25, -0.2) is 0 Å². The highest BCUT2D eigenvalue weighted by molar-refractivity contribution is 6.28. The number of nitrogens with zero attached hydrogens (tertiary/aromatic N) is 4. The Labute approximate surface area is 93.7 Å². The summed E-state index contributed by atoms with van der Waals surface area (Å²) in [6, 6.07) is 0. The number of hydrogen-bond acceptors (Lipinski definition) is 5. The fraction of sp³-hybridized carbons (Fsp3) is 0.667. The fourth-order valence-corrected chi connectivity index (χ4v) is 1.95. The highest BCUT2D eigenvalue weighted by Gasteiger charge is 2.28.